The first-order valence-corrected chi connectivity index (χ1v) is 8.11. The van der Waals surface area contributed by atoms with Gasteiger partial charge in [-0.15, -0.1) is 11.3 Å². The number of methoxy groups -OCH3 is 1. The minimum atomic E-state index is -0.534. The predicted molar refractivity (Wildman–Crippen MR) is 88.7 cm³/mol. The van der Waals surface area contributed by atoms with Gasteiger partial charge in [-0.3, -0.25) is 0 Å². The van der Waals surface area contributed by atoms with Crippen LogP contribution in [0.5, 0.6) is 5.75 Å². The molecule has 4 rings (SSSR count). The zero-order valence-electron chi connectivity index (χ0n) is 12.7. The Bertz CT molecular complexity index is 862. The Morgan fingerprint density at radius 2 is 2.21 bits per heavy atom. The van der Waals surface area contributed by atoms with Crippen LogP contribution in [0.25, 0.3) is 10.7 Å². The molecule has 1 aliphatic rings. The normalized spacial score (nSPS) is 19.8. The lowest BCUT2D eigenvalue weighted by Crippen LogP contribution is -2.39. The van der Waals surface area contributed by atoms with E-state index in [4.69, 9.17) is 15.0 Å². The van der Waals surface area contributed by atoms with Gasteiger partial charge in [0.25, 0.3) is 5.89 Å². The number of benzene rings is 1. The standard InChI is InChI=1S/C15H14N6O2S/c1-22-10-5-2-4-9(8-10)21-13(16)12(18-20-21)15-17-14(19-23-15)11-6-3-7-24-11/h2-8,12-13H,16H2,1H3. The summed E-state index contributed by atoms with van der Waals surface area (Å²) in [7, 11) is 1.61. The fraction of sp³-hybridized carbons (Fsp3) is 0.200. The van der Waals surface area contributed by atoms with Crippen molar-refractivity contribution in [2.75, 3.05) is 12.1 Å². The second kappa shape index (κ2) is 6.02. The maximum absolute atomic E-state index is 6.28. The van der Waals surface area contributed by atoms with Crippen molar-refractivity contribution in [3.05, 3.63) is 47.7 Å². The van der Waals surface area contributed by atoms with Crippen LogP contribution >= 0.6 is 11.3 Å². The van der Waals surface area contributed by atoms with Crippen LogP contribution in [0.4, 0.5) is 5.69 Å². The Morgan fingerprint density at radius 3 is 3.00 bits per heavy atom. The summed E-state index contributed by atoms with van der Waals surface area (Å²) in [5, 5.41) is 15.9. The first-order chi connectivity index (χ1) is 11.8. The average Bonchev–Trinajstić information content (AvgIpc) is 3.34. The lowest BCUT2D eigenvalue weighted by atomic mass is 10.2. The molecule has 2 aromatic heterocycles. The van der Waals surface area contributed by atoms with E-state index >= 15 is 0 Å². The van der Waals surface area contributed by atoms with Crippen molar-refractivity contribution in [3.63, 3.8) is 0 Å². The smallest absolute Gasteiger partial charge is 0.257 e. The number of rotatable bonds is 4. The molecule has 8 nitrogen and oxygen atoms in total. The van der Waals surface area contributed by atoms with E-state index in [9.17, 15) is 0 Å². The van der Waals surface area contributed by atoms with E-state index < -0.39 is 12.2 Å². The molecule has 3 aromatic rings. The third-order valence-electron chi connectivity index (χ3n) is 3.63. The Labute approximate surface area is 141 Å². The molecule has 24 heavy (non-hydrogen) atoms. The number of hydrogen-bond donors (Lipinski definition) is 1. The maximum atomic E-state index is 6.28. The second-order valence-corrected chi connectivity index (χ2v) is 6.07. The van der Waals surface area contributed by atoms with E-state index in [0.29, 0.717) is 11.7 Å². The van der Waals surface area contributed by atoms with Gasteiger partial charge in [-0.05, 0) is 23.6 Å². The predicted octanol–water partition coefficient (Wildman–Crippen LogP) is 3.02. The van der Waals surface area contributed by atoms with Crippen molar-refractivity contribution < 1.29 is 9.26 Å². The van der Waals surface area contributed by atoms with Crippen molar-refractivity contribution in [1.29, 1.82) is 0 Å². The number of thiophene rings is 1. The number of nitrogens with zero attached hydrogens (tertiary/aromatic N) is 5. The Balaban J connectivity index is 1.57. The molecular weight excluding hydrogens is 328 g/mol. The fourth-order valence-corrected chi connectivity index (χ4v) is 3.06. The molecule has 0 saturated carbocycles. The topological polar surface area (TPSA) is 102 Å². The Hall–Kier alpha value is -2.78. The van der Waals surface area contributed by atoms with Gasteiger partial charge in [-0.25, -0.2) is 5.01 Å². The SMILES string of the molecule is COc1cccc(N2N=NC(c3nc(-c4cccs4)no3)C2N)c1. The molecule has 0 amide bonds. The summed E-state index contributed by atoms with van der Waals surface area (Å²) in [4.78, 5) is 5.32. The number of aromatic nitrogens is 2. The third kappa shape index (κ3) is 2.53. The summed E-state index contributed by atoms with van der Waals surface area (Å²) in [5.41, 5.74) is 7.06. The molecule has 1 aromatic carbocycles. The Kier molecular flexibility index (Phi) is 3.71. The molecule has 9 heteroatoms. The van der Waals surface area contributed by atoms with Crippen molar-refractivity contribution in [1.82, 2.24) is 10.1 Å². The van der Waals surface area contributed by atoms with Gasteiger partial charge in [0.2, 0.25) is 5.82 Å². The van der Waals surface area contributed by atoms with Crippen LogP contribution in [0.3, 0.4) is 0 Å². The number of nitrogens with two attached hydrogens (primary N) is 1. The van der Waals surface area contributed by atoms with Gasteiger partial charge in [0.15, 0.2) is 6.04 Å². The van der Waals surface area contributed by atoms with Crippen LogP contribution in [0.2, 0.25) is 0 Å². The van der Waals surface area contributed by atoms with Crippen LogP contribution in [0, 0.1) is 0 Å². The molecule has 2 unspecified atom stereocenters. The molecular formula is C15H14N6O2S. The summed E-state index contributed by atoms with van der Waals surface area (Å²) in [6.45, 7) is 0. The van der Waals surface area contributed by atoms with Gasteiger partial charge < -0.3 is 15.0 Å². The highest BCUT2D eigenvalue weighted by Crippen LogP contribution is 2.34. The van der Waals surface area contributed by atoms with Crippen LogP contribution in [-0.2, 0) is 0 Å². The second-order valence-electron chi connectivity index (χ2n) is 5.12. The summed E-state index contributed by atoms with van der Waals surface area (Å²) in [5.74, 6) is 1.60. The molecule has 0 bridgehead atoms. The van der Waals surface area contributed by atoms with Gasteiger partial charge in [0.05, 0.1) is 17.7 Å². The van der Waals surface area contributed by atoms with E-state index in [0.717, 1.165) is 16.3 Å². The molecule has 1 aliphatic heterocycles. The largest absolute Gasteiger partial charge is 0.497 e. The molecule has 0 spiro atoms. The van der Waals surface area contributed by atoms with Gasteiger partial charge in [-0.1, -0.05) is 22.5 Å². The highest BCUT2D eigenvalue weighted by Gasteiger charge is 2.36. The number of anilines is 1. The molecule has 0 fully saturated rings. The van der Waals surface area contributed by atoms with Gasteiger partial charge >= 0.3 is 0 Å². The average molecular weight is 342 g/mol. The minimum absolute atomic E-state index is 0.347. The molecule has 0 radical (unpaired) electrons. The third-order valence-corrected chi connectivity index (χ3v) is 4.50. The lowest BCUT2D eigenvalue weighted by Gasteiger charge is -2.20. The van der Waals surface area contributed by atoms with Crippen molar-refractivity contribution in [3.8, 4) is 16.5 Å². The zero-order chi connectivity index (χ0) is 16.5. The van der Waals surface area contributed by atoms with Crippen LogP contribution < -0.4 is 15.5 Å². The van der Waals surface area contributed by atoms with Crippen LogP contribution in [0.15, 0.2) is 56.6 Å². The summed E-state index contributed by atoms with van der Waals surface area (Å²) in [6, 6.07) is 10.8. The van der Waals surface area contributed by atoms with Crippen LogP contribution in [-0.4, -0.2) is 23.4 Å². The first-order valence-electron chi connectivity index (χ1n) is 7.23. The van der Waals surface area contributed by atoms with E-state index in [2.05, 4.69) is 20.5 Å². The van der Waals surface area contributed by atoms with E-state index in [-0.39, 0.29) is 0 Å². The highest BCUT2D eigenvalue weighted by atomic mass is 32.1. The summed E-state index contributed by atoms with van der Waals surface area (Å²) in [6.07, 6.45) is -0.534. The highest BCUT2D eigenvalue weighted by molar-refractivity contribution is 7.13. The molecule has 3 heterocycles. The monoisotopic (exact) mass is 342 g/mol. The van der Waals surface area contributed by atoms with Crippen molar-refractivity contribution >= 4 is 17.0 Å². The quantitative estimate of drug-likeness (QED) is 0.782. The van der Waals surface area contributed by atoms with Gasteiger partial charge in [0.1, 0.15) is 11.9 Å². The van der Waals surface area contributed by atoms with E-state index in [1.807, 2.05) is 41.8 Å². The van der Waals surface area contributed by atoms with Crippen molar-refractivity contribution in [2.45, 2.75) is 12.2 Å². The van der Waals surface area contributed by atoms with Gasteiger partial charge in [-0.2, -0.15) is 10.1 Å². The molecule has 0 aliphatic carbocycles. The summed E-state index contributed by atoms with van der Waals surface area (Å²) >= 11 is 1.54. The molecule has 2 atom stereocenters. The Morgan fingerprint density at radius 1 is 1.29 bits per heavy atom. The van der Waals surface area contributed by atoms with E-state index in [1.165, 1.54) is 11.3 Å². The lowest BCUT2D eigenvalue weighted by molar-refractivity contribution is 0.345. The van der Waals surface area contributed by atoms with E-state index in [1.54, 1.807) is 12.1 Å². The minimum Gasteiger partial charge on any atom is -0.497 e. The van der Waals surface area contributed by atoms with Crippen LogP contribution in [0.1, 0.15) is 11.9 Å². The number of ether oxygens (including phenoxy) is 1. The zero-order valence-corrected chi connectivity index (χ0v) is 13.6. The van der Waals surface area contributed by atoms with Crippen molar-refractivity contribution in [2.24, 2.45) is 16.1 Å². The summed E-state index contributed by atoms with van der Waals surface area (Å²) < 4.78 is 10.6. The molecule has 0 saturated heterocycles. The molecule has 122 valence electrons. The van der Waals surface area contributed by atoms with Gasteiger partial charge in [0, 0.05) is 6.07 Å². The first kappa shape index (κ1) is 14.8. The fourth-order valence-electron chi connectivity index (χ4n) is 2.41. The molecule has 2 N–H and O–H groups in total. The maximum Gasteiger partial charge on any atom is 0.257 e. The number of hydrogen-bond acceptors (Lipinski definition) is 9.